The first kappa shape index (κ1) is 26.3. The van der Waals surface area contributed by atoms with Gasteiger partial charge in [-0.25, -0.2) is 14.1 Å². The molecule has 38 heavy (non-hydrogen) atoms. The quantitative estimate of drug-likeness (QED) is 0.435. The molecule has 0 aromatic carbocycles. The Kier molecular flexibility index (Phi) is 7.52. The zero-order valence-corrected chi connectivity index (χ0v) is 22.7. The van der Waals surface area contributed by atoms with Crippen LogP contribution in [0.1, 0.15) is 63.8 Å². The maximum atomic E-state index is 14.5. The second-order valence-corrected chi connectivity index (χ2v) is 10.6. The monoisotopic (exact) mass is 524 g/mol. The Morgan fingerprint density at radius 3 is 2.76 bits per heavy atom. The molecule has 0 saturated carbocycles. The van der Waals surface area contributed by atoms with Gasteiger partial charge in [0.1, 0.15) is 0 Å². The van der Waals surface area contributed by atoms with Crippen LogP contribution >= 0.6 is 0 Å². The minimum absolute atomic E-state index is 0.0432. The number of piperidine rings is 1. The van der Waals surface area contributed by atoms with Gasteiger partial charge in [0.15, 0.2) is 5.82 Å². The zero-order valence-electron chi connectivity index (χ0n) is 22.7. The van der Waals surface area contributed by atoms with Crippen LogP contribution in [0, 0.1) is 11.2 Å². The highest BCUT2D eigenvalue weighted by atomic mass is 19.1. The van der Waals surface area contributed by atoms with Gasteiger partial charge in [-0.2, -0.15) is 10.2 Å². The Bertz CT molecular complexity index is 1300. The molecule has 3 aromatic rings. The van der Waals surface area contributed by atoms with E-state index >= 15 is 0 Å². The van der Waals surface area contributed by atoms with Crippen LogP contribution in [-0.4, -0.2) is 68.8 Å². The molecule has 0 spiro atoms. The predicted octanol–water partition coefficient (Wildman–Crippen LogP) is 4.38. The van der Waals surface area contributed by atoms with Crippen molar-refractivity contribution in [2.24, 2.45) is 5.41 Å². The summed E-state index contributed by atoms with van der Waals surface area (Å²) in [5, 5.41) is 9.80. The Balaban J connectivity index is 1.53. The average molecular weight is 525 g/mol. The minimum Gasteiger partial charge on any atom is -0.479 e. The van der Waals surface area contributed by atoms with Crippen molar-refractivity contribution in [1.82, 2.24) is 29.4 Å². The molecule has 1 fully saturated rings. The first-order valence-corrected chi connectivity index (χ1v) is 13.6. The van der Waals surface area contributed by atoms with Crippen LogP contribution in [0.25, 0.3) is 16.9 Å². The van der Waals surface area contributed by atoms with E-state index in [-0.39, 0.29) is 23.2 Å². The van der Waals surface area contributed by atoms with E-state index < -0.39 is 5.82 Å². The fraction of sp³-hybridized carbons (Fsp3) is 0.571. The Hall–Kier alpha value is -3.27. The summed E-state index contributed by atoms with van der Waals surface area (Å²) in [6, 6.07) is 1.56. The van der Waals surface area contributed by atoms with Gasteiger partial charge in [0.05, 0.1) is 55.8 Å². The number of halogens is 1. The van der Waals surface area contributed by atoms with Gasteiger partial charge in [0.25, 0.3) is 0 Å². The van der Waals surface area contributed by atoms with Gasteiger partial charge < -0.3 is 14.4 Å². The number of pyridine rings is 1. The molecule has 5 heterocycles. The number of amides is 1. The molecule has 0 N–H and O–H groups in total. The Morgan fingerprint density at radius 1 is 1.21 bits per heavy atom. The molecule has 2 aliphatic heterocycles. The molecule has 0 radical (unpaired) electrons. The van der Waals surface area contributed by atoms with Gasteiger partial charge in [0, 0.05) is 54.7 Å². The number of aromatic nitrogens is 5. The largest absolute Gasteiger partial charge is 0.479 e. The van der Waals surface area contributed by atoms with Crippen molar-refractivity contribution >= 4 is 5.91 Å². The number of hydrogen-bond acceptors (Lipinski definition) is 6. The maximum Gasteiger partial charge on any atom is 0.250 e. The summed E-state index contributed by atoms with van der Waals surface area (Å²) >= 11 is 0. The molecule has 2 aliphatic rings. The lowest BCUT2D eigenvalue weighted by atomic mass is 9.73. The van der Waals surface area contributed by atoms with Crippen molar-refractivity contribution in [3.05, 3.63) is 41.7 Å². The minimum atomic E-state index is -0.531. The van der Waals surface area contributed by atoms with Crippen LogP contribution in [-0.2, 0) is 22.4 Å². The van der Waals surface area contributed by atoms with Crippen molar-refractivity contribution in [3.8, 4) is 22.8 Å². The van der Waals surface area contributed by atoms with Crippen LogP contribution in [0.4, 0.5) is 4.39 Å². The van der Waals surface area contributed by atoms with E-state index in [0.29, 0.717) is 38.2 Å². The second kappa shape index (κ2) is 10.8. The topological polar surface area (TPSA) is 87.3 Å². The first-order chi connectivity index (χ1) is 18.4. The number of methoxy groups -OCH3 is 1. The van der Waals surface area contributed by atoms with Crippen molar-refractivity contribution < 1.29 is 18.7 Å². The Labute approximate surface area is 222 Å². The number of fused-ring (bicyclic) bond motifs is 1. The van der Waals surface area contributed by atoms with Gasteiger partial charge in [-0.05, 0) is 26.2 Å². The molecule has 204 valence electrons. The second-order valence-electron chi connectivity index (χ2n) is 10.6. The van der Waals surface area contributed by atoms with Crippen molar-refractivity contribution in [2.45, 2.75) is 65.3 Å². The smallest absolute Gasteiger partial charge is 0.250 e. The van der Waals surface area contributed by atoms with E-state index in [2.05, 4.69) is 29.7 Å². The molecule has 2 atom stereocenters. The third-order valence-electron chi connectivity index (χ3n) is 8.06. The number of ether oxygens (including phenoxy) is 2. The van der Waals surface area contributed by atoms with Crippen LogP contribution in [0.15, 0.2) is 24.7 Å². The summed E-state index contributed by atoms with van der Waals surface area (Å²) in [6.07, 6.45) is 10.3. The van der Waals surface area contributed by atoms with Crippen molar-refractivity contribution in [1.29, 1.82) is 0 Å². The van der Waals surface area contributed by atoms with Crippen LogP contribution in [0.3, 0.4) is 0 Å². The summed E-state index contributed by atoms with van der Waals surface area (Å²) in [6.45, 7) is 9.16. The van der Waals surface area contributed by atoms with E-state index in [1.807, 2.05) is 18.0 Å². The highest BCUT2D eigenvalue weighted by Gasteiger charge is 2.41. The molecule has 9 nitrogen and oxygen atoms in total. The summed E-state index contributed by atoms with van der Waals surface area (Å²) in [7, 11) is 1.40. The van der Waals surface area contributed by atoms with Gasteiger partial charge in [-0.1, -0.05) is 20.3 Å². The normalized spacial score (nSPS) is 20.8. The van der Waals surface area contributed by atoms with E-state index in [1.165, 1.54) is 13.2 Å². The van der Waals surface area contributed by atoms with Crippen molar-refractivity contribution in [2.75, 3.05) is 33.4 Å². The van der Waals surface area contributed by atoms with E-state index in [0.717, 1.165) is 54.9 Å². The SMILES string of the molecule is CCCC(n1cc(-c2nn(-c3cnc(OC)c(F)c3)c3c2CCOCC3)cn1)C1(C)CCC(=O)N(CC)C1. The standard InChI is InChI=1S/C28H37FN6O3/c1-5-7-24(28(3)11-8-25(36)33(6-2)18-28)34-17-19(15-31-34)26-21-9-12-38-13-10-23(21)35(32-26)20-14-22(29)27(37-4)30-16-20/h14-17,24H,5-13,18H2,1-4H3. The number of likely N-dealkylation sites (tertiary alicyclic amines) is 1. The number of hydrogen-bond donors (Lipinski definition) is 0. The molecule has 5 rings (SSSR count). The van der Waals surface area contributed by atoms with E-state index in [4.69, 9.17) is 19.7 Å². The molecule has 10 heteroatoms. The predicted molar refractivity (Wildman–Crippen MR) is 141 cm³/mol. The zero-order chi connectivity index (χ0) is 26.9. The van der Waals surface area contributed by atoms with Crippen molar-refractivity contribution in [3.63, 3.8) is 0 Å². The van der Waals surface area contributed by atoms with E-state index in [1.54, 1.807) is 10.9 Å². The third kappa shape index (κ3) is 4.81. The fourth-order valence-corrected chi connectivity index (χ4v) is 5.99. The lowest BCUT2D eigenvalue weighted by Crippen LogP contribution is -2.48. The summed E-state index contributed by atoms with van der Waals surface area (Å²) in [5.74, 6) is -0.337. The lowest BCUT2D eigenvalue weighted by molar-refractivity contribution is -0.138. The number of carbonyl (C=O) groups excluding carboxylic acids is 1. The van der Waals surface area contributed by atoms with E-state index in [9.17, 15) is 9.18 Å². The van der Waals surface area contributed by atoms with Gasteiger partial charge in [-0.15, -0.1) is 0 Å². The highest BCUT2D eigenvalue weighted by molar-refractivity contribution is 5.77. The number of carbonyl (C=O) groups is 1. The molecule has 0 aliphatic carbocycles. The average Bonchev–Trinajstić information content (AvgIpc) is 3.46. The van der Waals surface area contributed by atoms with Gasteiger partial charge in [-0.3, -0.25) is 9.48 Å². The molecule has 1 amide bonds. The number of nitrogens with zero attached hydrogens (tertiary/aromatic N) is 6. The fourth-order valence-electron chi connectivity index (χ4n) is 5.99. The molecule has 0 bridgehead atoms. The summed E-state index contributed by atoms with van der Waals surface area (Å²) in [4.78, 5) is 18.5. The van der Waals surface area contributed by atoms with Gasteiger partial charge >= 0.3 is 0 Å². The molecule has 2 unspecified atom stereocenters. The highest BCUT2D eigenvalue weighted by Crippen LogP contribution is 2.43. The van der Waals surface area contributed by atoms with Gasteiger partial charge in [0.2, 0.25) is 11.8 Å². The molecular weight excluding hydrogens is 487 g/mol. The Morgan fingerprint density at radius 2 is 2.03 bits per heavy atom. The molecule has 1 saturated heterocycles. The van der Waals surface area contributed by atoms with Crippen LogP contribution in [0.2, 0.25) is 0 Å². The first-order valence-electron chi connectivity index (χ1n) is 13.6. The lowest BCUT2D eigenvalue weighted by Gasteiger charge is -2.45. The van der Waals surface area contributed by atoms with Crippen LogP contribution in [0.5, 0.6) is 5.88 Å². The summed E-state index contributed by atoms with van der Waals surface area (Å²) < 4.78 is 29.2. The number of rotatable bonds is 8. The molecular formula is C28H37FN6O3. The van der Waals surface area contributed by atoms with Crippen LogP contribution < -0.4 is 4.74 Å². The third-order valence-corrected chi connectivity index (χ3v) is 8.06. The molecule has 3 aromatic heterocycles. The maximum absolute atomic E-state index is 14.5. The summed E-state index contributed by atoms with van der Waals surface area (Å²) in [5.41, 5.74) is 4.33.